The second-order valence-electron chi connectivity index (χ2n) is 5.53. The Bertz CT molecular complexity index is 978. The topological polar surface area (TPSA) is 87.9 Å². The monoisotopic (exact) mass is 431 g/mol. The number of carbonyl (C=O) groups excluding carboxylic acids is 1. The van der Waals surface area contributed by atoms with Gasteiger partial charge in [-0.3, -0.25) is 10.1 Å². The Hall–Kier alpha value is -3.13. The van der Waals surface area contributed by atoms with Crippen molar-refractivity contribution in [1.29, 1.82) is 0 Å². The van der Waals surface area contributed by atoms with Gasteiger partial charge in [0, 0.05) is 10.0 Å². The third-order valence-corrected chi connectivity index (χ3v) is 4.42. The van der Waals surface area contributed by atoms with Gasteiger partial charge in [0.25, 0.3) is 5.69 Å². The maximum atomic E-state index is 12.2. The number of methoxy groups -OCH3 is 2. The quantitative estimate of drug-likeness (QED) is 0.302. The highest BCUT2D eigenvalue weighted by Crippen LogP contribution is 2.37. The van der Waals surface area contributed by atoms with Crippen molar-refractivity contribution in [3.8, 4) is 11.5 Å². The summed E-state index contributed by atoms with van der Waals surface area (Å²) in [6.45, 7) is 0. The zero-order valence-corrected chi connectivity index (χ0v) is 16.0. The summed E-state index contributed by atoms with van der Waals surface area (Å²) in [5.74, 6) is 0.337. The van der Waals surface area contributed by atoms with Gasteiger partial charge in [-0.1, -0.05) is 28.1 Å². The second kappa shape index (κ2) is 7.63. The van der Waals surface area contributed by atoms with E-state index in [-0.39, 0.29) is 22.6 Å². The highest BCUT2D eigenvalue weighted by Gasteiger charge is 2.25. The number of esters is 1. The van der Waals surface area contributed by atoms with Crippen LogP contribution in [0.4, 0.5) is 5.69 Å². The highest BCUT2D eigenvalue weighted by atomic mass is 79.9. The third kappa shape index (κ3) is 3.85. The molecule has 0 spiro atoms. The van der Waals surface area contributed by atoms with Crippen molar-refractivity contribution < 1.29 is 23.9 Å². The molecule has 7 nitrogen and oxygen atoms in total. The molecule has 0 saturated carbocycles. The molecule has 0 N–H and O–H groups in total. The van der Waals surface area contributed by atoms with Crippen LogP contribution in [0.25, 0.3) is 11.8 Å². The Morgan fingerprint density at radius 3 is 2.33 bits per heavy atom. The van der Waals surface area contributed by atoms with Crippen molar-refractivity contribution in [1.82, 2.24) is 0 Å². The fourth-order valence-corrected chi connectivity index (χ4v) is 2.83. The first-order valence-corrected chi connectivity index (χ1v) is 8.54. The van der Waals surface area contributed by atoms with Crippen LogP contribution in [0.1, 0.15) is 11.1 Å². The van der Waals surface area contributed by atoms with E-state index in [2.05, 4.69) is 15.9 Å². The summed E-state index contributed by atoms with van der Waals surface area (Å²) in [5.41, 5.74) is 0.913. The number of hydrogen-bond acceptors (Lipinski definition) is 6. The minimum atomic E-state index is -0.586. The zero-order valence-electron chi connectivity index (χ0n) is 14.4. The van der Waals surface area contributed by atoms with Crippen LogP contribution >= 0.6 is 15.9 Å². The lowest BCUT2D eigenvalue weighted by molar-refractivity contribution is -0.385. The van der Waals surface area contributed by atoms with Gasteiger partial charge in [0.15, 0.2) is 11.5 Å². The fraction of sp³-hybridized carbons (Fsp3) is 0.105. The summed E-state index contributed by atoms with van der Waals surface area (Å²) in [6.07, 6.45) is 2.94. The van der Waals surface area contributed by atoms with Gasteiger partial charge < -0.3 is 14.2 Å². The molecule has 2 aromatic rings. The Labute approximate surface area is 163 Å². The second-order valence-corrected chi connectivity index (χ2v) is 6.44. The largest absolute Gasteiger partial charge is 0.493 e. The van der Waals surface area contributed by atoms with Crippen molar-refractivity contribution in [2.75, 3.05) is 14.2 Å². The van der Waals surface area contributed by atoms with E-state index >= 15 is 0 Å². The zero-order chi connectivity index (χ0) is 19.6. The van der Waals surface area contributed by atoms with E-state index in [1.54, 1.807) is 18.2 Å². The van der Waals surface area contributed by atoms with Gasteiger partial charge in [0.1, 0.15) is 5.76 Å². The van der Waals surface area contributed by atoms with Gasteiger partial charge in [-0.2, -0.15) is 0 Å². The minimum Gasteiger partial charge on any atom is -0.493 e. The molecule has 0 fully saturated rings. The summed E-state index contributed by atoms with van der Waals surface area (Å²) in [7, 11) is 2.82. The Kier molecular flexibility index (Phi) is 5.27. The van der Waals surface area contributed by atoms with Crippen LogP contribution in [0.3, 0.4) is 0 Å². The number of carbonyl (C=O) groups is 1. The number of nitrogens with zero attached hydrogens (tertiary/aromatic N) is 1. The Balaban J connectivity index is 2.06. The van der Waals surface area contributed by atoms with Crippen LogP contribution in [0.5, 0.6) is 11.5 Å². The summed E-state index contributed by atoms with van der Waals surface area (Å²) >= 11 is 3.34. The number of nitro groups is 1. The van der Waals surface area contributed by atoms with E-state index in [9.17, 15) is 14.9 Å². The normalized spacial score (nSPS) is 14.7. The standard InChI is InChI=1S/C19H14BrNO6/c1-25-17-8-12(15(21(23)24)10-18(17)26-2)7-13-9-16(27-19(13)22)11-3-5-14(20)6-4-11/h3-10H,1-2H3/b13-7+. The Morgan fingerprint density at radius 1 is 1.11 bits per heavy atom. The van der Waals surface area contributed by atoms with Gasteiger partial charge in [-0.15, -0.1) is 0 Å². The lowest BCUT2D eigenvalue weighted by Gasteiger charge is -2.08. The van der Waals surface area contributed by atoms with E-state index in [1.165, 1.54) is 32.4 Å². The first kappa shape index (κ1) is 18.7. The number of halogens is 1. The number of nitro benzene ring substituents is 1. The van der Waals surface area contributed by atoms with Gasteiger partial charge in [-0.05, 0) is 30.4 Å². The molecule has 0 atom stereocenters. The van der Waals surface area contributed by atoms with Gasteiger partial charge in [0.05, 0.1) is 36.3 Å². The Morgan fingerprint density at radius 2 is 1.74 bits per heavy atom. The van der Waals surface area contributed by atoms with Crippen molar-refractivity contribution in [3.05, 3.63) is 73.8 Å². The maximum absolute atomic E-state index is 12.2. The smallest absolute Gasteiger partial charge is 0.343 e. The van der Waals surface area contributed by atoms with E-state index in [0.717, 1.165) is 10.0 Å². The van der Waals surface area contributed by atoms with E-state index < -0.39 is 10.9 Å². The van der Waals surface area contributed by atoms with Gasteiger partial charge in [-0.25, -0.2) is 4.79 Å². The lowest BCUT2D eigenvalue weighted by Crippen LogP contribution is -1.99. The lowest BCUT2D eigenvalue weighted by atomic mass is 10.1. The predicted octanol–water partition coefficient (Wildman–Crippen LogP) is 4.36. The number of cyclic esters (lactones) is 1. The van der Waals surface area contributed by atoms with Crippen molar-refractivity contribution in [3.63, 3.8) is 0 Å². The average Bonchev–Trinajstić information content (AvgIpc) is 3.02. The molecule has 27 heavy (non-hydrogen) atoms. The van der Waals surface area contributed by atoms with Crippen molar-refractivity contribution in [2.45, 2.75) is 0 Å². The van der Waals surface area contributed by atoms with Crippen LogP contribution in [-0.2, 0) is 9.53 Å². The van der Waals surface area contributed by atoms with E-state index in [0.29, 0.717) is 11.5 Å². The molecule has 0 aliphatic carbocycles. The molecule has 0 radical (unpaired) electrons. The molecule has 0 bridgehead atoms. The number of benzene rings is 2. The molecule has 0 saturated heterocycles. The SMILES string of the molecule is COc1cc(/C=C2\C=C(c3ccc(Br)cc3)OC2=O)c([N+](=O)[O-])cc1OC. The summed E-state index contributed by atoms with van der Waals surface area (Å²) in [6, 6.07) is 9.94. The summed E-state index contributed by atoms with van der Waals surface area (Å²) in [5, 5.41) is 11.4. The molecule has 1 aliphatic heterocycles. The molecule has 0 unspecified atom stereocenters. The predicted molar refractivity (Wildman–Crippen MR) is 102 cm³/mol. The highest BCUT2D eigenvalue weighted by molar-refractivity contribution is 9.10. The van der Waals surface area contributed by atoms with Crippen LogP contribution in [0, 0.1) is 10.1 Å². The summed E-state index contributed by atoms with van der Waals surface area (Å²) in [4.78, 5) is 23.1. The van der Waals surface area contributed by atoms with Crippen LogP contribution in [-0.4, -0.2) is 25.1 Å². The molecule has 3 rings (SSSR count). The molecule has 1 heterocycles. The maximum Gasteiger partial charge on any atom is 0.343 e. The molecule has 138 valence electrons. The van der Waals surface area contributed by atoms with Crippen molar-refractivity contribution >= 4 is 39.4 Å². The number of ether oxygens (including phenoxy) is 3. The van der Waals surface area contributed by atoms with Crippen LogP contribution in [0.2, 0.25) is 0 Å². The molecular formula is C19H14BrNO6. The van der Waals surface area contributed by atoms with Crippen molar-refractivity contribution in [2.24, 2.45) is 0 Å². The molecule has 2 aromatic carbocycles. The molecule has 1 aliphatic rings. The first-order valence-electron chi connectivity index (χ1n) is 7.75. The van der Waals surface area contributed by atoms with Gasteiger partial charge in [0.2, 0.25) is 0 Å². The van der Waals surface area contributed by atoms with Gasteiger partial charge >= 0.3 is 5.97 Å². The molecule has 0 amide bonds. The van der Waals surface area contributed by atoms with E-state index in [4.69, 9.17) is 14.2 Å². The average molecular weight is 432 g/mol. The minimum absolute atomic E-state index is 0.197. The summed E-state index contributed by atoms with van der Waals surface area (Å²) < 4.78 is 16.5. The number of hydrogen-bond donors (Lipinski definition) is 0. The van der Waals surface area contributed by atoms with E-state index in [1.807, 2.05) is 12.1 Å². The fourth-order valence-electron chi connectivity index (χ4n) is 2.57. The van der Waals surface area contributed by atoms with Crippen LogP contribution in [0.15, 0.2) is 52.5 Å². The molecule has 8 heteroatoms. The first-order chi connectivity index (χ1) is 12.9. The third-order valence-electron chi connectivity index (χ3n) is 3.89. The molecule has 0 aromatic heterocycles. The number of rotatable bonds is 5. The van der Waals surface area contributed by atoms with Crippen LogP contribution < -0.4 is 9.47 Å². The molecular weight excluding hydrogens is 418 g/mol.